The summed E-state index contributed by atoms with van der Waals surface area (Å²) in [6.45, 7) is 2.21. The van der Waals surface area contributed by atoms with Crippen LogP contribution >= 0.6 is 0 Å². The summed E-state index contributed by atoms with van der Waals surface area (Å²) in [5.41, 5.74) is 0.755. The molecule has 0 bridgehead atoms. The van der Waals surface area contributed by atoms with Crippen molar-refractivity contribution < 1.29 is 14.6 Å². The molecule has 2 rings (SSSR count). The fourth-order valence-corrected chi connectivity index (χ4v) is 2.00. The number of hydrogen-bond donors (Lipinski definition) is 1. The lowest BCUT2D eigenvalue weighted by Gasteiger charge is -2.14. The zero-order valence-corrected chi connectivity index (χ0v) is 12.0. The van der Waals surface area contributed by atoms with Gasteiger partial charge >= 0.3 is 0 Å². The minimum atomic E-state index is -0.580. The summed E-state index contributed by atoms with van der Waals surface area (Å²) in [6, 6.07) is 5.42. The number of methoxy groups -OCH3 is 1. The fourth-order valence-electron chi connectivity index (χ4n) is 2.00. The number of imidazole rings is 1. The van der Waals surface area contributed by atoms with E-state index in [1.807, 2.05) is 29.9 Å². The summed E-state index contributed by atoms with van der Waals surface area (Å²) in [5, 5.41) is 9.76. The molecular weight excluding hydrogens is 256 g/mol. The molecule has 0 fully saturated rings. The zero-order chi connectivity index (χ0) is 14.5. The Balaban J connectivity index is 2.05. The van der Waals surface area contributed by atoms with Crippen LogP contribution in [0.15, 0.2) is 30.6 Å². The predicted octanol–water partition coefficient (Wildman–Crippen LogP) is 2.10. The molecule has 0 saturated heterocycles. The van der Waals surface area contributed by atoms with Crippen LogP contribution in [0.1, 0.15) is 24.4 Å². The SMILES string of the molecule is COc1ccc(C(C)O)c(OCCc2nccn2C)c1. The summed E-state index contributed by atoms with van der Waals surface area (Å²) < 4.78 is 12.9. The van der Waals surface area contributed by atoms with Crippen LogP contribution in [0.25, 0.3) is 0 Å². The van der Waals surface area contributed by atoms with Crippen LogP contribution in [-0.2, 0) is 13.5 Å². The van der Waals surface area contributed by atoms with Crippen molar-refractivity contribution >= 4 is 0 Å². The van der Waals surface area contributed by atoms with Crippen molar-refractivity contribution in [1.29, 1.82) is 0 Å². The summed E-state index contributed by atoms with van der Waals surface area (Å²) >= 11 is 0. The van der Waals surface area contributed by atoms with E-state index < -0.39 is 6.10 Å². The lowest BCUT2D eigenvalue weighted by atomic mass is 10.1. The van der Waals surface area contributed by atoms with Crippen LogP contribution in [0.3, 0.4) is 0 Å². The van der Waals surface area contributed by atoms with Crippen molar-refractivity contribution in [2.75, 3.05) is 13.7 Å². The molecule has 1 aromatic heterocycles. The maximum Gasteiger partial charge on any atom is 0.128 e. The van der Waals surface area contributed by atoms with E-state index >= 15 is 0 Å². The van der Waals surface area contributed by atoms with Gasteiger partial charge in [0.1, 0.15) is 17.3 Å². The molecule has 0 aliphatic heterocycles. The molecule has 2 aromatic rings. The molecule has 0 amide bonds. The van der Waals surface area contributed by atoms with Crippen molar-refractivity contribution in [2.24, 2.45) is 7.05 Å². The van der Waals surface area contributed by atoms with Gasteiger partial charge in [0, 0.05) is 37.5 Å². The van der Waals surface area contributed by atoms with Gasteiger partial charge in [0.15, 0.2) is 0 Å². The minimum absolute atomic E-state index is 0.498. The van der Waals surface area contributed by atoms with Crippen LogP contribution in [0.5, 0.6) is 11.5 Å². The molecule has 0 radical (unpaired) electrons. The second kappa shape index (κ2) is 6.43. The number of ether oxygens (including phenoxy) is 2. The minimum Gasteiger partial charge on any atom is -0.497 e. The van der Waals surface area contributed by atoms with Gasteiger partial charge in [0.2, 0.25) is 0 Å². The Bertz CT molecular complexity index is 564. The zero-order valence-electron chi connectivity index (χ0n) is 12.0. The highest BCUT2D eigenvalue weighted by atomic mass is 16.5. The van der Waals surface area contributed by atoms with Gasteiger partial charge in [-0.3, -0.25) is 0 Å². The monoisotopic (exact) mass is 276 g/mol. The highest BCUT2D eigenvalue weighted by molar-refractivity contribution is 5.41. The van der Waals surface area contributed by atoms with Crippen LogP contribution in [0.2, 0.25) is 0 Å². The first-order valence-electron chi connectivity index (χ1n) is 6.57. The first kappa shape index (κ1) is 14.4. The van der Waals surface area contributed by atoms with Gasteiger partial charge in [-0.15, -0.1) is 0 Å². The number of aliphatic hydroxyl groups excluding tert-OH is 1. The van der Waals surface area contributed by atoms with E-state index in [4.69, 9.17) is 9.47 Å². The van der Waals surface area contributed by atoms with E-state index in [-0.39, 0.29) is 0 Å². The number of hydrogen-bond acceptors (Lipinski definition) is 4. The van der Waals surface area contributed by atoms with Crippen LogP contribution in [0, 0.1) is 0 Å². The van der Waals surface area contributed by atoms with Crippen LogP contribution < -0.4 is 9.47 Å². The van der Waals surface area contributed by atoms with Gasteiger partial charge < -0.3 is 19.1 Å². The van der Waals surface area contributed by atoms with Crippen LogP contribution in [-0.4, -0.2) is 28.4 Å². The predicted molar refractivity (Wildman–Crippen MR) is 76.0 cm³/mol. The third-order valence-corrected chi connectivity index (χ3v) is 3.18. The number of nitrogens with zero attached hydrogens (tertiary/aromatic N) is 2. The van der Waals surface area contributed by atoms with E-state index in [2.05, 4.69) is 4.98 Å². The van der Waals surface area contributed by atoms with E-state index in [0.717, 1.165) is 11.4 Å². The van der Waals surface area contributed by atoms with Gasteiger partial charge in [-0.2, -0.15) is 0 Å². The first-order valence-corrected chi connectivity index (χ1v) is 6.57. The van der Waals surface area contributed by atoms with Gasteiger partial charge in [-0.05, 0) is 19.1 Å². The Kier molecular flexibility index (Phi) is 4.63. The number of rotatable bonds is 6. The first-order chi connectivity index (χ1) is 9.61. The van der Waals surface area contributed by atoms with E-state index in [1.54, 1.807) is 26.3 Å². The Hall–Kier alpha value is -2.01. The lowest BCUT2D eigenvalue weighted by molar-refractivity contribution is 0.191. The summed E-state index contributed by atoms with van der Waals surface area (Å²) in [6.07, 6.45) is 3.80. The highest BCUT2D eigenvalue weighted by Crippen LogP contribution is 2.29. The molecule has 1 atom stereocenters. The van der Waals surface area contributed by atoms with Gasteiger partial charge in [-0.1, -0.05) is 0 Å². The Morgan fingerprint density at radius 3 is 2.80 bits per heavy atom. The van der Waals surface area contributed by atoms with Crippen molar-refractivity contribution in [1.82, 2.24) is 9.55 Å². The number of aliphatic hydroxyl groups is 1. The third-order valence-electron chi connectivity index (χ3n) is 3.18. The molecule has 1 N–H and O–H groups in total. The molecule has 1 aromatic carbocycles. The van der Waals surface area contributed by atoms with Gasteiger partial charge in [-0.25, -0.2) is 4.98 Å². The average Bonchev–Trinajstić information content (AvgIpc) is 2.84. The highest BCUT2D eigenvalue weighted by Gasteiger charge is 2.11. The molecule has 1 heterocycles. The molecule has 20 heavy (non-hydrogen) atoms. The van der Waals surface area contributed by atoms with Gasteiger partial charge in [0.05, 0.1) is 19.8 Å². The smallest absolute Gasteiger partial charge is 0.128 e. The summed E-state index contributed by atoms with van der Waals surface area (Å²) in [5.74, 6) is 2.32. The molecule has 0 saturated carbocycles. The molecule has 5 heteroatoms. The molecule has 108 valence electrons. The standard InChI is InChI=1S/C15H20N2O3/c1-11(18)13-5-4-12(19-3)10-14(13)20-9-6-15-16-7-8-17(15)2/h4-5,7-8,10-11,18H,6,9H2,1-3H3. The molecule has 0 aliphatic rings. The quantitative estimate of drug-likeness (QED) is 0.878. The molecule has 0 spiro atoms. The number of aromatic nitrogens is 2. The fraction of sp³-hybridized carbons (Fsp3) is 0.400. The number of aryl methyl sites for hydroxylation is 1. The molecule has 0 aliphatic carbocycles. The maximum absolute atomic E-state index is 9.76. The normalized spacial score (nSPS) is 12.2. The second-order valence-corrected chi connectivity index (χ2v) is 4.63. The molecule has 5 nitrogen and oxygen atoms in total. The summed E-state index contributed by atoms with van der Waals surface area (Å²) in [4.78, 5) is 4.25. The Labute approximate surface area is 118 Å². The Morgan fingerprint density at radius 2 is 2.20 bits per heavy atom. The Morgan fingerprint density at radius 1 is 1.40 bits per heavy atom. The van der Waals surface area contributed by atoms with Crippen molar-refractivity contribution in [3.63, 3.8) is 0 Å². The maximum atomic E-state index is 9.76. The number of benzene rings is 1. The average molecular weight is 276 g/mol. The van der Waals surface area contributed by atoms with Gasteiger partial charge in [0.25, 0.3) is 0 Å². The van der Waals surface area contributed by atoms with E-state index in [1.165, 1.54) is 0 Å². The van der Waals surface area contributed by atoms with Crippen LogP contribution in [0.4, 0.5) is 0 Å². The van der Waals surface area contributed by atoms with E-state index in [0.29, 0.717) is 24.5 Å². The van der Waals surface area contributed by atoms with Crippen molar-refractivity contribution in [3.05, 3.63) is 42.0 Å². The van der Waals surface area contributed by atoms with Crippen molar-refractivity contribution in [2.45, 2.75) is 19.4 Å². The topological polar surface area (TPSA) is 56.5 Å². The second-order valence-electron chi connectivity index (χ2n) is 4.63. The lowest BCUT2D eigenvalue weighted by Crippen LogP contribution is -2.08. The van der Waals surface area contributed by atoms with E-state index in [9.17, 15) is 5.11 Å². The molecule has 1 unspecified atom stereocenters. The van der Waals surface area contributed by atoms with Crippen molar-refractivity contribution in [3.8, 4) is 11.5 Å². The molecular formula is C15H20N2O3. The largest absolute Gasteiger partial charge is 0.497 e. The third kappa shape index (κ3) is 3.30. The summed E-state index contributed by atoms with van der Waals surface area (Å²) in [7, 11) is 3.56.